The summed E-state index contributed by atoms with van der Waals surface area (Å²) in [6.45, 7) is 6.83. The first-order valence-electron chi connectivity index (χ1n) is 7.93. The number of nitrogens with zero attached hydrogens (tertiary/aromatic N) is 3. The van der Waals surface area contributed by atoms with E-state index >= 15 is 0 Å². The fourth-order valence-electron chi connectivity index (χ4n) is 3.64. The average Bonchev–Trinajstić information content (AvgIpc) is 3.17. The van der Waals surface area contributed by atoms with Gasteiger partial charge in [0.2, 0.25) is 11.8 Å². The van der Waals surface area contributed by atoms with Crippen LogP contribution in [0.1, 0.15) is 48.0 Å². The summed E-state index contributed by atoms with van der Waals surface area (Å²) < 4.78 is 11.8. The fourth-order valence-corrected chi connectivity index (χ4v) is 4.80. The molecule has 1 saturated heterocycles. The van der Waals surface area contributed by atoms with Gasteiger partial charge in [-0.15, -0.1) is 21.5 Å². The van der Waals surface area contributed by atoms with Gasteiger partial charge in [-0.05, 0) is 43.2 Å². The fraction of sp³-hybridized carbons (Fsp3) is 0.625. The van der Waals surface area contributed by atoms with Crippen molar-refractivity contribution >= 4 is 11.3 Å². The highest BCUT2D eigenvalue weighted by Gasteiger charge is 2.42. The van der Waals surface area contributed by atoms with E-state index in [9.17, 15) is 0 Å². The van der Waals surface area contributed by atoms with Crippen LogP contribution in [0.25, 0.3) is 0 Å². The number of piperidine rings is 1. The lowest BCUT2D eigenvalue weighted by Gasteiger charge is -2.44. The van der Waals surface area contributed by atoms with E-state index in [0.717, 1.165) is 44.8 Å². The maximum atomic E-state index is 6.26. The van der Waals surface area contributed by atoms with Gasteiger partial charge >= 0.3 is 0 Å². The molecule has 0 N–H and O–H groups in total. The zero-order valence-corrected chi connectivity index (χ0v) is 13.9. The van der Waals surface area contributed by atoms with Crippen LogP contribution in [0.2, 0.25) is 0 Å². The molecule has 2 aliphatic heterocycles. The topological polar surface area (TPSA) is 51.4 Å². The summed E-state index contributed by atoms with van der Waals surface area (Å²) in [4.78, 5) is 3.88. The Morgan fingerprint density at radius 3 is 2.86 bits per heavy atom. The SMILES string of the molecule is Cc1nnc([C@H](C)N2CCC3(CC2)OCCc2ccsc23)o1. The largest absolute Gasteiger partial charge is 0.424 e. The quantitative estimate of drug-likeness (QED) is 0.851. The second-order valence-electron chi connectivity index (χ2n) is 6.24. The van der Waals surface area contributed by atoms with E-state index in [1.165, 1.54) is 10.4 Å². The van der Waals surface area contributed by atoms with Gasteiger partial charge in [-0.2, -0.15) is 0 Å². The molecular formula is C16H21N3O2S. The molecule has 2 aromatic rings. The molecule has 118 valence electrons. The van der Waals surface area contributed by atoms with Gasteiger partial charge in [0.15, 0.2) is 0 Å². The second-order valence-corrected chi connectivity index (χ2v) is 7.16. The lowest BCUT2D eigenvalue weighted by atomic mass is 9.85. The van der Waals surface area contributed by atoms with Crippen LogP contribution in [0.5, 0.6) is 0 Å². The Hall–Kier alpha value is -1.24. The Morgan fingerprint density at radius 2 is 2.14 bits per heavy atom. The number of hydrogen-bond donors (Lipinski definition) is 0. The van der Waals surface area contributed by atoms with Gasteiger partial charge in [-0.1, -0.05) is 0 Å². The highest BCUT2D eigenvalue weighted by molar-refractivity contribution is 7.10. The third-order valence-corrected chi connectivity index (χ3v) is 6.10. The Morgan fingerprint density at radius 1 is 1.32 bits per heavy atom. The predicted octanol–water partition coefficient (Wildman–Crippen LogP) is 3.06. The first-order chi connectivity index (χ1) is 10.7. The maximum Gasteiger partial charge on any atom is 0.233 e. The van der Waals surface area contributed by atoms with Crippen molar-refractivity contribution in [2.24, 2.45) is 0 Å². The van der Waals surface area contributed by atoms with Crippen molar-refractivity contribution in [1.29, 1.82) is 0 Å². The van der Waals surface area contributed by atoms with Gasteiger partial charge in [-0.3, -0.25) is 4.90 Å². The van der Waals surface area contributed by atoms with Crippen LogP contribution in [0.3, 0.4) is 0 Å². The van der Waals surface area contributed by atoms with Crippen LogP contribution in [0.15, 0.2) is 15.9 Å². The molecule has 1 fully saturated rings. The van der Waals surface area contributed by atoms with Gasteiger partial charge in [0.25, 0.3) is 0 Å². The average molecular weight is 319 g/mol. The summed E-state index contributed by atoms with van der Waals surface area (Å²) in [5, 5.41) is 10.3. The maximum absolute atomic E-state index is 6.26. The smallest absolute Gasteiger partial charge is 0.233 e. The molecule has 0 aliphatic carbocycles. The number of aromatic nitrogens is 2. The van der Waals surface area contributed by atoms with Gasteiger partial charge in [0.1, 0.15) is 5.60 Å². The van der Waals surface area contributed by atoms with Crippen LogP contribution in [-0.2, 0) is 16.8 Å². The molecular weight excluding hydrogens is 298 g/mol. The van der Waals surface area contributed by atoms with E-state index in [-0.39, 0.29) is 11.6 Å². The molecule has 1 atom stereocenters. The number of hydrogen-bond acceptors (Lipinski definition) is 6. The van der Waals surface area contributed by atoms with Gasteiger partial charge in [-0.25, -0.2) is 0 Å². The first-order valence-corrected chi connectivity index (χ1v) is 8.81. The predicted molar refractivity (Wildman–Crippen MR) is 83.9 cm³/mol. The van der Waals surface area contributed by atoms with E-state index in [2.05, 4.69) is 33.5 Å². The molecule has 4 heterocycles. The molecule has 2 aromatic heterocycles. The number of thiophene rings is 1. The van der Waals surface area contributed by atoms with E-state index in [1.807, 2.05) is 18.3 Å². The zero-order chi connectivity index (χ0) is 15.2. The van der Waals surface area contributed by atoms with Crippen molar-refractivity contribution in [3.8, 4) is 0 Å². The van der Waals surface area contributed by atoms with Crippen molar-refractivity contribution in [3.05, 3.63) is 33.7 Å². The summed E-state index contributed by atoms with van der Waals surface area (Å²) in [6, 6.07) is 2.44. The minimum atomic E-state index is -0.0528. The van der Waals surface area contributed by atoms with Crippen molar-refractivity contribution in [2.45, 2.75) is 44.8 Å². The lowest BCUT2D eigenvalue weighted by molar-refractivity contribution is -0.100. The number of rotatable bonds is 2. The van der Waals surface area contributed by atoms with E-state index < -0.39 is 0 Å². The van der Waals surface area contributed by atoms with Crippen LogP contribution >= 0.6 is 11.3 Å². The minimum Gasteiger partial charge on any atom is -0.424 e. The molecule has 1 spiro atoms. The number of fused-ring (bicyclic) bond motifs is 2. The summed E-state index contributed by atoms with van der Waals surface area (Å²) in [5.41, 5.74) is 1.44. The Kier molecular flexibility index (Phi) is 3.55. The standard InChI is InChI=1S/C16H21N3O2S/c1-11(15-18-17-12(2)21-15)19-7-5-16(6-8-19)14-13(3-9-20-16)4-10-22-14/h4,10-11H,3,5-9H2,1-2H3/t11-/m0/s1. The molecule has 2 aliphatic rings. The summed E-state index contributed by atoms with van der Waals surface area (Å²) in [5.74, 6) is 1.35. The molecule has 0 unspecified atom stereocenters. The highest BCUT2D eigenvalue weighted by Crippen LogP contribution is 2.45. The van der Waals surface area contributed by atoms with Gasteiger partial charge in [0, 0.05) is 24.9 Å². The van der Waals surface area contributed by atoms with Crippen LogP contribution in [0, 0.1) is 6.92 Å². The molecule has 0 saturated carbocycles. The monoisotopic (exact) mass is 319 g/mol. The number of likely N-dealkylation sites (tertiary alicyclic amines) is 1. The van der Waals surface area contributed by atoms with Crippen LogP contribution in [0.4, 0.5) is 0 Å². The van der Waals surface area contributed by atoms with Crippen molar-refractivity contribution in [2.75, 3.05) is 19.7 Å². The second kappa shape index (κ2) is 5.44. The minimum absolute atomic E-state index is 0.0528. The van der Waals surface area contributed by atoms with Crippen molar-refractivity contribution in [1.82, 2.24) is 15.1 Å². The van der Waals surface area contributed by atoms with E-state index in [1.54, 1.807) is 0 Å². The molecule has 5 nitrogen and oxygen atoms in total. The summed E-state index contributed by atoms with van der Waals surface area (Å²) in [7, 11) is 0. The van der Waals surface area contributed by atoms with Crippen LogP contribution < -0.4 is 0 Å². The van der Waals surface area contributed by atoms with Gasteiger partial charge in [0.05, 0.1) is 12.6 Å². The summed E-state index contributed by atoms with van der Waals surface area (Å²) in [6.07, 6.45) is 3.14. The third-order valence-electron chi connectivity index (χ3n) is 4.96. The molecule has 0 radical (unpaired) electrons. The number of aryl methyl sites for hydroxylation is 1. The Labute approximate surface area is 134 Å². The molecule has 22 heavy (non-hydrogen) atoms. The van der Waals surface area contributed by atoms with Crippen LogP contribution in [-0.4, -0.2) is 34.8 Å². The molecule has 6 heteroatoms. The summed E-state index contributed by atoms with van der Waals surface area (Å²) >= 11 is 1.86. The first kappa shape index (κ1) is 14.4. The van der Waals surface area contributed by atoms with Crippen molar-refractivity contribution in [3.63, 3.8) is 0 Å². The van der Waals surface area contributed by atoms with E-state index in [4.69, 9.17) is 9.15 Å². The van der Waals surface area contributed by atoms with Crippen molar-refractivity contribution < 1.29 is 9.15 Å². The molecule has 4 rings (SSSR count). The van der Waals surface area contributed by atoms with Gasteiger partial charge < -0.3 is 9.15 Å². The highest BCUT2D eigenvalue weighted by atomic mass is 32.1. The number of ether oxygens (including phenoxy) is 1. The Balaban J connectivity index is 1.49. The third kappa shape index (κ3) is 2.30. The molecule has 0 bridgehead atoms. The lowest BCUT2D eigenvalue weighted by Crippen LogP contribution is -2.46. The molecule has 0 amide bonds. The van der Waals surface area contributed by atoms with E-state index in [0.29, 0.717) is 5.89 Å². The Bertz CT molecular complexity index is 658. The molecule has 0 aromatic carbocycles. The zero-order valence-electron chi connectivity index (χ0n) is 13.0. The normalized spacial score (nSPS) is 22.6.